The molecule has 2 heterocycles. The molecule has 30 heavy (non-hydrogen) atoms. The van der Waals surface area contributed by atoms with Crippen LogP contribution in [0.3, 0.4) is 0 Å². The Morgan fingerprint density at radius 3 is 2.57 bits per heavy atom. The molecule has 1 atom stereocenters. The normalized spacial score (nSPS) is 12.1. The van der Waals surface area contributed by atoms with Crippen molar-refractivity contribution in [3.8, 4) is 16.3 Å². The van der Waals surface area contributed by atoms with Crippen molar-refractivity contribution in [3.05, 3.63) is 77.1 Å². The first-order valence-corrected chi connectivity index (χ1v) is 11.8. The second-order valence-electron chi connectivity index (χ2n) is 6.96. The van der Waals surface area contributed by atoms with Gasteiger partial charge in [-0.1, -0.05) is 59.8 Å². The lowest BCUT2D eigenvalue weighted by molar-refractivity contribution is 0.210. The largest absolute Gasteiger partial charge is 0.483 e. The molecule has 0 saturated carbocycles. The molecule has 154 valence electrons. The lowest BCUT2D eigenvalue weighted by Gasteiger charge is -2.15. The fourth-order valence-corrected chi connectivity index (χ4v) is 4.93. The number of aromatic nitrogens is 4. The highest BCUT2D eigenvalue weighted by Gasteiger charge is 2.19. The Bertz CT molecular complexity index is 1090. The van der Waals surface area contributed by atoms with Gasteiger partial charge in [-0.05, 0) is 32.9 Å². The zero-order valence-corrected chi connectivity index (χ0v) is 18.9. The molecule has 0 spiro atoms. The van der Waals surface area contributed by atoms with Gasteiger partial charge in [0.2, 0.25) is 0 Å². The van der Waals surface area contributed by atoms with E-state index in [0.29, 0.717) is 0 Å². The Balaban J connectivity index is 1.43. The van der Waals surface area contributed by atoms with Gasteiger partial charge in [-0.2, -0.15) is 0 Å². The standard InChI is InChI=1S/C23H24N4OS2/c1-4-27-21(17(3)28-20-8-6-5-7-9-20)25-26-23(27)30-15-19-14-29-22(24-19)18-12-10-16(2)11-13-18/h5-14,17H,4,15H2,1-3H3. The highest BCUT2D eigenvalue weighted by atomic mass is 32.2. The summed E-state index contributed by atoms with van der Waals surface area (Å²) in [5.41, 5.74) is 3.47. The molecular formula is C23H24N4OS2. The lowest BCUT2D eigenvalue weighted by Crippen LogP contribution is -2.11. The van der Waals surface area contributed by atoms with Gasteiger partial charge in [0.15, 0.2) is 17.1 Å². The minimum Gasteiger partial charge on any atom is -0.483 e. The van der Waals surface area contributed by atoms with Crippen molar-refractivity contribution in [1.29, 1.82) is 0 Å². The van der Waals surface area contributed by atoms with Crippen LogP contribution in [0.2, 0.25) is 0 Å². The van der Waals surface area contributed by atoms with Crippen LogP contribution in [0.1, 0.15) is 37.0 Å². The second kappa shape index (κ2) is 9.45. The number of ether oxygens (including phenoxy) is 1. The molecule has 4 rings (SSSR count). The third kappa shape index (κ3) is 4.74. The number of thiazole rings is 1. The van der Waals surface area contributed by atoms with Gasteiger partial charge in [0.1, 0.15) is 10.8 Å². The number of nitrogens with zero attached hydrogens (tertiary/aromatic N) is 4. The summed E-state index contributed by atoms with van der Waals surface area (Å²) in [6.07, 6.45) is -0.179. The predicted molar refractivity (Wildman–Crippen MR) is 123 cm³/mol. The summed E-state index contributed by atoms with van der Waals surface area (Å²) in [7, 11) is 0. The molecule has 0 bridgehead atoms. The Morgan fingerprint density at radius 1 is 1.07 bits per heavy atom. The quantitative estimate of drug-likeness (QED) is 0.310. The summed E-state index contributed by atoms with van der Waals surface area (Å²) in [5.74, 6) is 2.42. The van der Waals surface area contributed by atoms with Crippen LogP contribution >= 0.6 is 23.1 Å². The first-order valence-electron chi connectivity index (χ1n) is 9.93. The Morgan fingerprint density at radius 2 is 1.83 bits per heavy atom. The van der Waals surface area contributed by atoms with Crippen LogP contribution in [0.5, 0.6) is 5.75 Å². The summed E-state index contributed by atoms with van der Waals surface area (Å²) in [5, 5.41) is 12.9. The number of thioether (sulfide) groups is 1. The number of para-hydroxylation sites is 1. The third-order valence-electron chi connectivity index (χ3n) is 4.68. The highest BCUT2D eigenvalue weighted by Crippen LogP contribution is 2.29. The van der Waals surface area contributed by atoms with Gasteiger partial charge in [-0.15, -0.1) is 21.5 Å². The fourth-order valence-electron chi connectivity index (χ4n) is 3.10. The third-order valence-corrected chi connectivity index (χ3v) is 6.62. The smallest absolute Gasteiger partial charge is 0.191 e. The zero-order chi connectivity index (χ0) is 20.9. The van der Waals surface area contributed by atoms with Gasteiger partial charge in [-0.3, -0.25) is 0 Å². The first kappa shape index (κ1) is 20.6. The van der Waals surface area contributed by atoms with E-state index in [1.807, 2.05) is 37.3 Å². The van der Waals surface area contributed by atoms with Gasteiger partial charge in [-0.25, -0.2) is 4.98 Å². The molecule has 5 nitrogen and oxygen atoms in total. The highest BCUT2D eigenvalue weighted by molar-refractivity contribution is 7.98. The number of rotatable bonds is 8. The summed E-state index contributed by atoms with van der Waals surface area (Å²) < 4.78 is 8.15. The van der Waals surface area contributed by atoms with E-state index < -0.39 is 0 Å². The minimum atomic E-state index is -0.179. The van der Waals surface area contributed by atoms with Crippen molar-refractivity contribution >= 4 is 23.1 Å². The number of benzene rings is 2. The van der Waals surface area contributed by atoms with Crippen molar-refractivity contribution in [1.82, 2.24) is 19.7 Å². The molecular weight excluding hydrogens is 412 g/mol. The number of hydrogen-bond acceptors (Lipinski definition) is 6. The molecule has 4 aromatic rings. The molecule has 0 fully saturated rings. The van der Waals surface area contributed by atoms with Gasteiger partial charge < -0.3 is 9.30 Å². The monoisotopic (exact) mass is 436 g/mol. The molecule has 0 aliphatic rings. The molecule has 0 aliphatic carbocycles. The minimum absolute atomic E-state index is 0.179. The van der Waals surface area contributed by atoms with E-state index in [-0.39, 0.29) is 6.10 Å². The maximum Gasteiger partial charge on any atom is 0.191 e. The molecule has 0 amide bonds. The summed E-state index contributed by atoms with van der Waals surface area (Å²) in [4.78, 5) is 4.79. The molecule has 0 aliphatic heterocycles. The van der Waals surface area contributed by atoms with Crippen LogP contribution in [0, 0.1) is 6.92 Å². The van der Waals surface area contributed by atoms with Crippen LogP contribution in [0.25, 0.3) is 10.6 Å². The van der Waals surface area contributed by atoms with E-state index in [4.69, 9.17) is 9.72 Å². The van der Waals surface area contributed by atoms with Crippen molar-refractivity contribution < 1.29 is 4.74 Å². The second-order valence-corrected chi connectivity index (χ2v) is 8.76. The Kier molecular flexibility index (Phi) is 6.50. The average Bonchev–Trinajstić information content (AvgIpc) is 3.40. The van der Waals surface area contributed by atoms with Crippen molar-refractivity contribution in [2.24, 2.45) is 0 Å². The van der Waals surface area contributed by atoms with E-state index in [1.54, 1.807) is 23.1 Å². The van der Waals surface area contributed by atoms with E-state index in [2.05, 4.69) is 58.3 Å². The van der Waals surface area contributed by atoms with E-state index in [9.17, 15) is 0 Å². The average molecular weight is 437 g/mol. The van der Waals surface area contributed by atoms with Gasteiger partial charge in [0.05, 0.1) is 5.69 Å². The van der Waals surface area contributed by atoms with Gasteiger partial charge >= 0.3 is 0 Å². The predicted octanol–water partition coefficient (Wildman–Crippen LogP) is 6.16. The number of hydrogen-bond donors (Lipinski definition) is 0. The van der Waals surface area contributed by atoms with Crippen molar-refractivity contribution in [2.75, 3.05) is 0 Å². The van der Waals surface area contributed by atoms with Crippen molar-refractivity contribution in [2.45, 2.75) is 44.3 Å². The maximum atomic E-state index is 6.04. The summed E-state index contributed by atoms with van der Waals surface area (Å²) >= 11 is 3.34. The SMILES string of the molecule is CCn1c(SCc2csc(-c3ccc(C)cc3)n2)nnc1C(C)Oc1ccccc1. The molecule has 7 heteroatoms. The summed E-state index contributed by atoms with van der Waals surface area (Å²) in [6.45, 7) is 6.99. The lowest BCUT2D eigenvalue weighted by atomic mass is 10.2. The van der Waals surface area contributed by atoms with Gasteiger partial charge in [0, 0.05) is 23.2 Å². The number of aryl methyl sites for hydroxylation is 1. The molecule has 0 radical (unpaired) electrons. The Labute approximate surface area is 185 Å². The topological polar surface area (TPSA) is 52.8 Å². The van der Waals surface area contributed by atoms with E-state index >= 15 is 0 Å². The molecule has 0 saturated heterocycles. The van der Waals surface area contributed by atoms with Crippen LogP contribution in [0.4, 0.5) is 0 Å². The first-order chi connectivity index (χ1) is 14.6. The maximum absolute atomic E-state index is 6.04. The van der Waals surface area contributed by atoms with Gasteiger partial charge in [0.25, 0.3) is 0 Å². The fraction of sp³-hybridized carbons (Fsp3) is 0.261. The zero-order valence-electron chi connectivity index (χ0n) is 17.3. The van der Waals surface area contributed by atoms with Crippen LogP contribution in [-0.4, -0.2) is 19.7 Å². The molecule has 2 aromatic carbocycles. The molecule has 2 aromatic heterocycles. The van der Waals surface area contributed by atoms with Crippen LogP contribution in [-0.2, 0) is 12.3 Å². The Hall–Kier alpha value is -2.64. The summed E-state index contributed by atoms with van der Waals surface area (Å²) in [6, 6.07) is 18.3. The molecule has 0 N–H and O–H groups in total. The van der Waals surface area contributed by atoms with E-state index in [0.717, 1.165) is 45.3 Å². The van der Waals surface area contributed by atoms with Crippen LogP contribution in [0.15, 0.2) is 65.1 Å². The van der Waals surface area contributed by atoms with Crippen molar-refractivity contribution in [3.63, 3.8) is 0 Å². The van der Waals surface area contributed by atoms with E-state index in [1.165, 1.54) is 5.56 Å². The van der Waals surface area contributed by atoms with Crippen LogP contribution < -0.4 is 4.74 Å². The molecule has 1 unspecified atom stereocenters.